The van der Waals surface area contributed by atoms with Crippen LogP contribution in [0.1, 0.15) is 54.4 Å². The summed E-state index contributed by atoms with van der Waals surface area (Å²) in [5.74, 6) is 1.34. The van der Waals surface area contributed by atoms with Gasteiger partial charge in [-0.25, -0.2) is 4.79 Å². The number of piperidine rings is 1. The quantitative estimate of drug-likeness (QED) is 0.861. The third-order valence-electron chi connectivity index (χ3n) is 3.99. The molecule has 1 heterocycles. The number of ether oxygens (including phenoxy) is 1. The van der Waals surface area contributed by atoms with Crippen molar-refractivity contribution >= 4 is 6.09 Å². The molecular formula is C16H32N2O2. The Bertz CT molecular complexity index is 302. The highest BCUT2D eigenvalue weighted by molar-refractivity contribution is 5.68. The normalized spacial score (nSPS) is 19.2. The lowest BCUT2D eigenvalue weighted by molar-refractivity contribution is 0.0183. The first-order valence-corrected chi connectivity index (χ1v) is 7.90. The molecule has 1 fully saturated rings. The summed E-state index contributed by atoms with van der Waals surface area (Å²) < 4.78 is 5.41. The van der Waals surface area contributed by atoms with Crippen LogP contribution in [0.2, 0.25) is 0 Å². The fraction of sp³-hybridized carbons (Fsp3) is 0.938. The summed E-state index contributed by atoms with van der Waals surface area (Å²) in [5.41, 5.74) is -0.401. The molecule has 1 aliphatic rings. The number of hydrogen-bond acceptors (Lipinski definition) is 3. The van der Waals surface area contributed by atoms with E-state index in [-0.39, 0.29) is 6.09 Å². The molecule has 0 aromatic rings. The molecule has 1 N–H and O–H groups in total. The van der Waals surface area contributed by atoms with E-state index < -0.39 is 5.60 Å². The van der Waals surface area contributed by atoms with Gasteiger partial charge in [0.25, 0.3) is 0 Å². The Morgan fingerprint density at radius 3 is 2.25 bits per heavy atom. The van der Waals surface area contributed by atoms with Gasteiger partial charge in [0.05, 0.1) is 0 Å². The van der Waals surface area contributed by atoms with Crippen molar-refractivity contribution in [3.63, 3.8) is 0 Å². The molecule has 0 aromatic heterocycles. The second-order valence-corrected chi connectivity index (χ2v) is 7.35. The summed E-state index contributed by atoms with van der Waals surface area (Å²) in [6, 6.07) is 0.555. The molecule has 1 unspecified atom stereocenters. The highest BCUT2D eigenvalue weighted by atomic mass is 16.6. The first-order valence-electron chi connectivity index (χ1n) is 7.90. The second-order valence-electron chi connectivity index (χ2n) is 7.35. The largest absolute Gasteiger partial charge is 0.444 e. The summed E-state index contributed by atoms with van der Waals surface area (Å²) in [5, 5.41) is 3.60. The van der Waals surface area contributed by atoms with Crippen LogP contribution >= 0.6 is 0 Å². The molecule has 0 saturated carbocycles. The Morgan fingerprint density at radius 1 is 1.25 bits per heavy atom. The van der Waals surface area contributed by atoms with E-state index in [2.05, 4.69) is 26.1 Å². The van der Waals surface area contributed by atoms with Crippen LogP contribution in [0.25, 0.3) is 0 Å². The predicted octanol–water partition coefficient (Wildman–Crippen LogP) is 3.27. The van der Waals surface area contributed by atoms with Crippen molar-refractivity contribution in [1.82, 2.24) is 10.2 Å². The van der Waals surface area contributed by atoms with Crippen LogP contribution in [0.15, 0.2) is 0 Å². The van der Waals surface area contributed by atoms with Crippen molar-refractivity contribution in [2.75, 3.05) is 19.6 Å². The van der Waals surface area contributed by atoms with Gasteiger partial charge in [0.1, 0.15) is 5.60 Å². The zero-order valence-corrected chi connectivity index (χ0v) is 14.0. The maximum absolute atomic E-state index is 12.0. The molecule has 1 rings (SSSR count). The van der Waals surface area contributed by atoms with Crippen molar-refractivity contribution in [2.24, 2.45) is 11.8 Å². The number of hydrogen-bond donors (Lipinski definition) is 1. The summed E-state index contributed by atoms with van der Waals surface area (Å²) in [6.07, 6.45) is 1.97. The molecule has 4 heteroatoms. The fourth-order valence-corrected chi connectivity index (χ4v) is 2.23. The molecule has 1 aliphatic heterocycles. The van der Waals surface area contributed by atoms with E-state index in [4.69, 9.17) is 4.74 Å². The fourth-order valence-electron chi connectivity index (χ4n) is 2.23. The number of nitrogens with one attached hydrogen (secondary N) is 1. The lowest BCUT2D eigenvalue weighted by Crippen LogP contribution is -2.44. The zero-order chi connectivity index (χ0) is 15.3. The number of amides is 1. The lowest BCUT2D eigenvalue weighted by atomic mass is 9.96. The van der Waals surface area contributed by atoms with E-state index in [9.17, 15) is 4.79 Å². The van der Waals surface area contributed by atoms with Gasteiger partial charge in [0.2, 0.25) is 0 Å². The van der Waals surface area contributed by atoms with Gasteiger partial charge in [-0.1, -0.05) is 13.8 Å². The number of likely N-dealkylation sites (tertiary alicyclic amines) is 1. The highest BCUT2D eigenvalue weighted by Gasteiger charge is 2.26. The van der Waals surface area contributed by atoms with E-state index in [0.29, 0.717) is 17.9 Å². The minimum Gasteiger partial charge on any atom is -0.444 e. The summed E-state index contributed by atoms with van der Waals surface area (Å²) in [7, 11) is 0. The highest BCUT2D eigenvalue weighted by Crippen LogP contribution is 2.19. The summed E-state index contributed by atoms with van der Waals surface area (Å²) in [4.78, 5) is 13.8. The molecule has 4 nitrogen and oxygen atoms in total. The van der Waals surface area contributed by atoms with E-state index in [1.54, 1.807) is 0 Å². The monoisotopic (exact) mass is 284 g/mol. The molecule has 1 amide bonds. The van der Waals surface area contributed by atoms with Crippen LogP contribution in [0, 0.1) is 11.8 Å². The van der Waals surface area contributed by atoms with Crippen LogP contribution in [0.5, 0.6) is 0 Å². The summed E-state index contributed by atoms with van der Waals surface area (Å²) in [6.45, 7) is 15.1. The van der Waals surface area contributed by atoms with Gasteiger partial charge in [-0.15, -0.1) is 0 Å². The molecule has 0 bridgehead atoms. The molecule has 0 spiro atoms. The van der Waals surface area contributed by atoms with Crippen molar-refractivity contribution in [3.8, 4) is 0 Å². The average molecular weight is 284 g/mol. The first-order chi connectivity index (χ1) is 9.19. The summed E-state index contributed by atoms with van der Waals surface area (Å²) >= 11 is 0. The van der Waals surface area contributed by atoms with Gasteiger partial charge < -0.3 is 15.0 Å². The van der Waals surface area contributed by atoms with Gasteiger partial charge in [0, 0.05) is 19.1 Å². The van der Waals surface area contributed by atoms with E-state index in [0.717, 1.165) is 32.5 Å². The van der Waals surface area contributed by atoms with Crippen LogP contribution in [-0.4, -0.2) is 42.3 Å². The second kappa shape index (κ2) is 7.30. The van der Waals surface area contributed by atoms with Crippen LogP contribution < -0.4 is 5.32 Å². The maximum Gasteiger partial charge on any atom is 0.410 e. The minimum atomic E-state index is -0.401. The van der Waals surface area contributed by atoms with Crippen molar-refractivity contribution < 1.29 is 9.53 Å². The molecule has 0 aliphatic carbocycles. The lowest BCUT2D eigenvalue weighted by Gasteiger charge is -2.34. The maximum atomic E-state index is 12.0. The van der Waals surface area contributed by atoms with Crippen molar-refractivity contribution in [1.29, 1.82) is 0 Å². The molecular weight excluding hydrogens is 252 g/mol. The number of rotatable bonds is 4. The van der Waals surface area contributed by atoms with E-state index in [1.165, 1.54) is 0 Å². The minimum absolute atomic E-state index is 0.167. The first kappa shape index (κ1) is 17.3. The number of carbonyl (C=O) groups excluding carboxylic acids is 1. The molecule has 118 valence electrons. The Morgan fingerprint density at radius 2 is 1.80 bits per heavy atom. The van der Waals surface area contributed by atoms with Gasteiger partial charge in [0.15, 0.2) is 0 Å². The number of carbonyl (C=O) groups is 1. The van der Waals surface area contributed by atoms with E-state index in [1.807, 2.05) is 25.7 Å². The smallest absolute Gasteiger partial charge is 0.410 e. The van der Waals surface area contributed by atoms with Crippen molar-refractivity contribution in [3.05, 3.63) is 0 Å². The van der Waals surface area contributed by atoms with Gasteiger partial charge in [-0.05, 0) is 58.9 Å². The Hall–Kier alpha value is -0.770. The van der Waals surface area contributed by atoms with Crippen LogP contribution in [-0.2, 0) is 4.74 Å². The molecule has 0 aromatic carbocycles. The van der Waals surface area contributed by atoms with Gasteiger partial charge >= 0.3 is 6.09 Å². The third kappa shape index (κ3) is 6.12. The van der Waals surface area contributed by atoms with Gasteiger partial charge in [-0.3, -0.25) is 0 Å². The Kier molecular flexibility index (Phi) is 6.31. The third-order valence-corrected chi connectivity index (χ3v) is 3.99. The van der Waals surface area contributed by atoms with Crippen LogP contribution in [0.3, 0.4) is 0 Å². The topological polar surface area (TPSA) is 41.6 Å². The Labute approximate surface area is 124 Å². The zero-order valence-electron chi connectivity index (χ0n) is 14.0. The SMILES string of the molecule is CC(C)C(C)NCC1CCN(C(=O)OC(C)(C)C)CC1. The molecule has 20 heavy (non-hydrogen) atoms. The standard InChI is InChI=1S/C16H32N2O2/c1-12(2)13(3)17-11-14-7-9-18(10-8-14)15(19)20-16(4,5)6/h12-14,17H,7-11H2,1-6H3. The van der Waals surface area contributed by atoms with Gasteiger partial charge in [-0.2, -0.15) is 0 Å². The molecule has 1 saturated heterocycles. The molecule has 0 radical (unpaired) electrons. The van der Waals surface area contributed by atoms with E-state index >= 15 is 0 Å². The Balaban J connectivity index is 2.28. The van der Waals surface area contributed by atoms with Crippen molar-refractivity contribution in [2.45, 2.75) is 66.0 Å². The molecule has 1 atom stereocenters. The number of nitrogens with zero attached hydrogens (tertiary/aromatic N) is 1. The predicted molar refractivity (Wildman–Crippen MR) is 82.8 cm³/mol. The van der Waals surface area contributed by atoms with Crippen LogP contribution in [0.4, 0.5) is 4.79 Å². The average Bonchev–Trinajstić information content (AvgIpc) is 2.34.